The standard InChI is InChI=1S/C27H30FN5O5.CH4O.H2/c1-36-22-15-33-24-21(14-29-33)17-11-18(30-26(35)27(28)7-3-2-4-8-27)13-20(12-17)37-10-9-32-19(5-6-23(32)34)16-38-25(22)31-24;1-2;/h11-15,19H,2-10,16H2,1H3,(H,30,35);2H,1H3;1H/t19-;;/m0../s1. The molecule has 12 heteroatoms. The maximum Gasteiger partial charge on any atom is 0.262 e. The summed E-state index contributed by atoms with van der Waals surface area (Å²) >= 11 is 0. The van der Waals surface area contributed by atoms with Crippen molar-refractivity contribution >= 4 is 23.1 Å². The van der Waals surface area contributed by atoms with Crippen molar-refractivity contribution in [1.82, 2.24) is 19.5 Å². The monoisotopic (exact) mass is 557 g/mol. The Morgan fingerprint density at radius 1 is 1.23 bits per heavy atom. The van der Waals surface area contributed by atoms with E-state index in [1.807, 2.05) is 6.07 Å². The molecular formula is C28H36FN5O6. The fraction of sp³-hybridized carbons (Fsp3) is 0.500. The maximum atomic E-state index is 15.4. The van der Waals surface area contributed by atoms with Crippen LogP contribution in [0.15, 0.2) is 30.6 Å². The van der Waals surface area contributed by atoms with E-state index >= 15 is 4.39 Å². The number of aliphatic hydroxyl groups is 1. The molecule has 2 aromatic heterocycles. The van der Waals surface area contributed by atoms with Crippen LogP contribution in [0.1, 0.15) is 46.4 Å². The fourth-order valence-corrected chi connectivity index (χ4v) is 5.53. The van der Waals surface area contributed by atoms with Crippen molar-refractivity contribution in [2.75, 3.05) is 39.3 Å². The van der Waals surface area contributed by atoms with Crippen LogP contribution in [0.5, 0.6) is 17.4 Å². The van der Waals surface area contributed by atoms with Gasteiger partial charge in [0, 0.05) is 32.3 Å². The maximum absolute atomic E-state index is 15.4. The van der Waals surface area contributed by atoms with Gasteiger partial charge in [-0.15, -0.1) is 0 Å². The largest absolute Gasteiger partial charge is 0.492 e. The van der Waals surface area contributed by atoms with Gasteiger partial charge in [-0.05, 0) is 49.8 Å². The van der Waals surface area contributed by atoms with Crippen LogP contribution in [0.25, 0.3) is 16.8 Å². The van der Waals surface area contributed by atoms with E-state index in [9.17, 15) is 9.59 Å². The zero-order valence-corrected chi connectivity index (χ0v) is 22.7. The lowest BCUT2D eigenvalue weighted by Gasteiger charge is -2.28. The molecule has 4 bridgehead atoms. The molecule has 2 N–H and O–H groups in total. The van der Waals surface area contributed by atoms with Crippen molar-refractivity contribution in [2.24, 2.45) is 0 Å². The summed E-state index contributed by atoms with van der Waals surface area (Å²) in [4.78, 5) is 32.0. The van der Waals surface area contributed by atoms with Crippen molar-refractivity contribution in [2.45, 2.75) is 56.7 Å². The number of nitrogens with zero attached hydrogens (tertiary/aromatic N) is 4. The van der Waals surface area contributed by atoms with Gasteiger partial charge in [-0.2, -0.15) is 10.1 Å². The zero-order chi connectivity index (χ0) is 28.3. The number of aromatic nitrogens is 3. The molecule has 1 saturated carbocycles. The number of carbonyl (C=O) groups is 2. The highest BCUT2D eigenvalue weighted by molar-refractivity contribution is 5.98. The summed E-state index contributed by atoms with van der Waals surface area (Å²) in [6, 6.07) is 5.14. The average Bonchev–Trinajstić information content (AvgIpc) is 3.54. The van der Waals surface area contributed by atoms with Gasteiger partial charge in [-0.1, -0.05) is 6.42 Å². The Bertz CT molecular complexity index is 1400. The predicted molar refractivity (Wildman–Crippen MR) is 147 cm³/mol. The van der Waals surface area contributed by atoms with E-state index in [1.54, 1.807) is 33.9 Å². The Balaban J connectivity index is 0.00000126. The number of hydrogen-bond acceptors (Lipinski definition) is 8. The number of fused-ring (bicyclic) bond motifs is 5. The van der Waals surface area contributed by atoms with Gasteiger partial charge in [-0.25, -0.2) is 8.91 Å². The zero-order valence-electron chi connectivity index (χ0n) is 22.7. The molecule has 1 saturated heterocycles. The first-order valence-corrected chi connectivity index (χ1v) is 13.5. The number of benzene rings is 1. The molecule has 6 rings (SSSR count). The van der Waals surface area contributed by atoms with Crippen LogP contribution in [0.2, 0.25) is 0 Å². The Hall–Kier alpha value is -3.93. The number of aliphatic hydroxyl groups excluding tert-OH is 1. The molecule has 0 unspecified atom stereocenters. The van der Waals surface area contributed by atoms with Gasteiger partial charge in [0.05, 0.1) is 32.1 Å². The minimum absolute atomic E-state index is 0. The molecule has 0 radical (unpaired) electrons. The topological polar surface area (TPSA) is 128 Å². The molecule has 2 aliphatic heterocycles. The summed E-state index contributed by atoms with van der Waals surface area (Å²) in [5, 5.41) is 14.2. The van der Waals surface area contributed by atoms with E-state index in [2.05, 4.69) is 10.4 Å². The third kappa shape index (κ3) is 5.40. The van der Waals surface area contributed by atoms with E-state index in [0.29, 0.717) is 72.1 Å². The van der Waals surface area contributed by atoms with Gasteiger partial charge >= 0.3 is 0 Å². The molecule has 40 heavy (non-hydrogen) atoms. The number of carbonyl (C=O) groups excluding carboxylic acids is 2. The SMILES string of the molecule is CO.COc1cn2ncc3c2nc1OC[C@@H]1CCC(=O)N1CCOc1cc(NC(=O)C2(F)CCCCC2)cc-3c1.[HH]. The van der Waals surface area contributed by atoms with E-state index in [-0.39, 0.29) is 39.4 Å². The first-order valence-electron chi connectivity index (χ1n) is 13.5. The lowest BCUT2D eigenvalue weighted by Crippen LogP contribution is -2.40. The molecule has 11 nitrogen and oxygen atoms in total. The van der Waals surface area contributed by atoms with E-state index in [0.717, 1.165) is 13.5 Å². The minimum Gasteiger partial charge on any atom is -0.492 e. The van der Waals surface area contributed by atoms with E-state index < -0.39 is 11.6 Å². The van der Waals surface area contributed by atoms with Crippen LogP contribution < -0.4 is 19.5 Å². The molecule has 3 aliphatic rings. The van der Waals surface area contributed by atoms with Gasteiger partial charge in [0.2, 0.25) is 5.91 Å². The first kappa shape index (κ1) is 27.6. The summed E-state index contributed by atoms with van der Waals surface area (Å²) in [6.07, 6.45) is 7.23. The quantitative estimate of drug-likeness (QED) is 0.500. The number of amides is 2. The minimum atomic E-state index is -1.88. The van der Waals surface area contributed by atoms with Crippen LogP contribution in [-0.2, 0) is 9.59 Å². The number of rotatable bonds is 3. The summed E-state index contributed by atoms with van der Waals surface area (Å²) in [5.41, 5.74) is 0.408. The second-order valence-electron chi connectivity index (χ2n) is 10.1. The summed E-state index contributed by atoms with van der Waals surface area (Å²) < 4.78 is 34.6. The molecule has 3 aromatic rings. The third-order valence-electron chi connectivity index (χ3n) is 7.64. The molecule has 0 spiro atoms. The number of halogens is 1. The van der Waals surface area contributed by atoms with Crippen LogP contribution in [-0.4, -0.2) is 82.1 Å². The number of methoxy groups -OCH3 is 1. The fourth-order valence-electron chi connectivity index (χ4n) is 5.53. The van der Waals surface area contributed by atoms with E-state index in [1.165, 1.54) is 7.11 Å². The second-order valence-corrected chi connectivity index (χ2v) is 10.1. The van der Waals surface area contributed by atoms with Crippen molar-refractivity contribution in [3.63, 3.8) is 0 Å². The Morgan fingerprint density at radius 3 is 2.80 bits per heavy atom. The van der Waals surface area contributed by atoms with Gasteiger partial charge in [0.1, 0.15) is 19.0 Å². The molecule has 2 fully saturated rings. The highest BCUT2D eigenvalue weighted by Gasteiger charge is 2.39. The number of hydrogen-bond donors (Lipinski definition) is 2. The van der Waals surface area contributed by atoms with Gasteiger partial charge in [-0.3, -0.25) is 9.59 Å². The molecule has 2 amide bonds. The number of nitrogens with one attached hydrogen (secondary N) is 1. The van der Waals surface area contributed by atoms with Gasteiger partial charge in [0.15, 0.2) is 17.1 Å². The molecule has 1 aromatic carbocycles. The normalized spacial score (nSPS) is 19.9. The highest BCUT2D eigenvalue weighted by Crippen LogP contribution is 2.36. The Kier molecular flexibility index (Phi) is 8.06. The summed E-state index contributed by atoms with van der Waals surface area (Å²) in [7, 11) is 2.53. The number of anilines is 1. The van der Waals surface area contributed by atoms with Crippen molar-refractivity contribution in [3.05, 3.63) is 30.6 Å². The first-order chi connectivity index (χ1) is 19.4. The number of ether oxygens (including phenoxy) is 3. The average molecular weight is 558 g/mol. The Labute approximate surface area is 232 Å². The molecule has 1 atom stereocenters. The van der Waals surface area contributed by atoms with E-state index in [4.69, 9.17) is 24.3 Å². The summed E-state index contributed by atoms with van der Waals surface area (Å²) in [6.45, 7) is 0.915. The molecule has 216 valence electrons. The van der Waals surface area contributed by atoms with Crippen LogP contribution in [0, 0.1) is 0 Å². The van der Waals surface area contributed by atoms with Crippen molar-refractivity contribution in [3.8, 4) is 28.5 Å². The third-order valence-corrected chi connectivity index (χ3v) is 7.64. The molecular weight excluding hydrogens is 521 g/mol. The smallest absolute Gasteiger partial charge is 0.262 e. The predicted octanol–water partition coefficient (Wildman–Crippen LogP) is 3.63. The van der Waals surface area contributed by atoms with Crippen LogP contribution in [0.4, 0.5) is 10.1 Å². The summed E-state index contributed by atoms with van der Waals surface area (Å²) in [5.74, 6) is 0.610. The second kappa shape index (κ2) is 11.7. The van der Waals surface area contributed by atoms with Gasteiger partial charge < -0.3 is 29.5 Å². The lowest BCUT2D eigenvalue weighted by molar-refractivity contribution is -0.130. The van der Waals surface area contributed by atoms with Gasteiger partial charge in [0.25, 0.3) is 11.8 Å². The number of alkyl halides is 1. The Morgan fingerprint density at radius 2 is 2.02 bits per heavy atom. The van der Waals surface area contributed by atoms with Crippen LogP contribution >= 0.6 is 0 Å². The highest BCUT2D eigenvalue weighted by atomic mass is 19.1. The molecule has 1 aliphatic carbocycles. The lowest BCUT2D eigenvalue weighted by atomic mass is 9.85. The van der Waals surface area contributed by atoms with Crippen molar-refractivity contribution < 1.29 is 34.7 Å². The molecule has 4 heterocycles. The van der Waals surface area contributed by atoms with Crippen molar-refractivity contribution in [1.29, 1.82) is 0 Å². The van der Waals surface area contributed by atoms with Crippen LogP contribution in [0.3, 0.4) is 0 Å².